The second-order valence-electron chi connectivity index (χ2n) is 4.05. The van der Waals surface area contributed by atoms with E-state index in [9.17, 15) is 43.2 Å². The van der Waals surface area contributed by atoms with E-state index in [0.29, 0.717) is 0 Å². The summed E-state index contributed by atoms with van der Waals surface area (Å²) in [4.78, 5) is 0. The largest absolute Gasteiger partial charge is 0.405 e. The van der Waals surface area contributed by atoms with Crippen molar-refractivity contribution >= 4 is 20.2 Å². The van der Waals surface area contributed by atoms with Crippen LogP contribution >= 0.6 is 0 Å². The standard InChI is InChI=1S/C8H12F6O6S2/c1-2-6(20-22(17,18)5-8(12,13)14)3-19-21(15,16)4-7(9,10)11/h6H,2-5H2,1H3. The third-order valence-corrected chi connectivity index (χ3v) is 4.27. The fourth-order valence-corrected chi connectivity index (χ4v) is 3.00. The van der Waals surface area contributed by atoms with Gasteiger partial charge in [0, 0.05) is 0 Å². The van der Waals surface area contributed by atoms with E-state index in [4.69, 9.17) is 0 Å². The molecule has 0 saturated carbocycles. The summed E-state index contributed by atoms with van der Waals surface area (Å²) in [5, 5.41) is 0. The lowest BCUT2D eigenvalue weighted by Crippen LogP contribution is -2.32. The van der Waals surface area contributed by atoms with E-state index in [0.717, 1.165) is 0 Å². The van der Waals surface area contributed by atoms with E-state index >= 15 is 0 Å². The lowest BCUT2D eigenvalue weighted by Gasteiger charge is -2.17. The van der Waals surface area contributed by atoms with Gasteiger partial charge in [0.15, 0.2) is 11.5 Å². The Morgan fingerprint density at radius 3 is 1.64 bits per heavy atom. The first-order valence-electron chi connectivity index (χ1n) is 5.47. The quantitative estimate of drug-likeness (QED) is 0.468. The lowest BCUT2D eigenvalue weighted by molar-refractivity contribution is -0.109. The molecule has 14 heteroatoms. The fourth-order valence-electron chi connectivity index (χ4n) is 1.08. The molecule has 1 atom stereocenters. The zero-order valence-electron chi connectivity index (χ0n) is 10.9. The summed E-state index contributed by atoms with van der Waals surface area (Å²) >= 11 is 0. The molecule has 0 aliphatic heterocycles. The summed E-state index contributed by atoms with van der Waals surface area (Å²) in [5.74, 6) is -4.63. The normalized spacial score (nSPS) is 15.8. The first-order valence-corrected chi connectivity index (χ1v) is 8.62. The van der Waals surface area contributed by atoms with Gasteiger partial charge < -0.3 is 0 Å². The van der Waals surface area contributed by atoms with Crippen LogP contribution in [0.1, 0.15) is 13.3 Å². The van der Waals surface area contributed by atoms with E-state index in [-0.39, 0.29) is 6.42 Å². The maximum atomic E-state index is 12.0. The molecule has 0 aliphatic rings. The van der Waals surface area contributed by atoms with Crippen molar-refractivity contribution in [2.75, 3.05) is 18.1 Å². The van der Waals surface area contributed by atoms with Crippen LogP contribution in [-0.4, -0.2) is 53.4 Å². The maximum absolute atomic E-state index is 12.0. The Bertz CT molecular complexity index is 549. The van der Waals surface area contributed by atoms with Crippen LogP contribution in [0, 0.1) is 0 Å². The Kier molecular flexibility index (Phi) is 7.11. The topological polar surface area (TPSA) is 86.7 Å². The molecule has 0 radical (unpaired) electrons. The Hall–Kier alpha value is -0.600. The van der Waals surface area contributed by atoms with E-state index in [1.807, 2.05) is 0 Å². The van der Waals surface area contributed by atoms with Crippen molar-refractivity contribution in [2.24, 2.45) is 0 Å². The molecule has 0 bridgehead atoms. The van der Waals surface area contributed by atoms with Gasteiger partial charge in [0.25, 0.3) is 20.2 Å². The minimum Gasteiger partial charge on any atom is -0.267 e. The molecule has 6 nitrogen and oxygen atoms in total. The molecule has 0 N–H and O–H groups in total. The van der Waals surface area contributed by atoms with Crippen LogP contribution in [0.3, 0.4) is 0 Å². The van der Waals surface area contributed by atoms with Gasteiger partial charge in [-0.05, 0) is 6.42 Å². The zero-order chi connectivity index (χ0) is 17.8. The highest BCUT2D eigenvalue weighted by molar-refractivity contribution is 7.87. The molecule has 0 saturated heterocycles. The molecular weight excluding hydrogens is 370 g/mol. The molecule has 0 aromatic rings. The molecule has 0 rings (SSSR count). The highest BCUT2D eigenvalue weighted by atomic mass is 32.2. The number of halogens is 6. The van der Waals surface area contributed by atoms with Gasteiger partial charge in [-0.25, -0.2) is 0 Å². The van der Waals surface area contributed by atoms with Gasteiger partial charge in [0.05, 0.1) is 6.61 Å². The van der Waals surface area contributed by atoms with Crippen LogP contribution < -0.4 is 0 Å². The Morgan fingerprint density at radius 1 is 0.864 bits per heavy atom. The van der Waals surface area contributed by atoms with Crippen LogP contribution in [0.4, 0.5) is 26.3 Å². The van der Waals surface area contributed by atoms with Crippen LogP contribution in [0.25, 0.3) is 0 Å². The maximum Gasteiger partial charge on any atom is 0.405 e. The van der Waals surface area contributed by atoms with Gasteiger partial charge in [0.2, 0.25) is 0 Å². The average molecular weight is 382 g/mol. The highest BCUT2D eigenvalue weighted by Crippen LogP contribution is 2.21. The summed E-state index contributed by atoms with van der Waals surface area (Å²) in [6.07, 6.45) is -12.1. The smallest absolute Gasteiger partial charge is 0.267 e. The number of alkyl halides is 6. The predicted octanol–water partition coefficient (Wildman–Crippen LogP) is 1.58. The minimum absolute atomic E-state index is 0.307. The molecule has 0 spiro atoms. The van der Waals surface area contributed by atoms with Crippen LogP contribution in [0.5, 0.6) is 0 Å². The van der Waals surface area contributed by atoms with Crippen molar-refractivity contribution in [1.29, 1.82) is 0 Å². The van der Waals surface area contributed by atoms with E-state index < -0.39 is 56.8 Å². The summed E-state index contributed by atoms with van der Waals surface area (Å²) in [5.41, 5.74) is 0. The van der Waals surface area contributed by atoms with Crippen molar-refractivity contribution in [3.63, 3.8) is 0 Å². The molecule has 0 aliphatic carbocycles. The van der Waals surface area contributed by atoms with E-state index in [1.54, 1.807) is 0 Å². The molecule has 134 valence electrons. The van der Waals surface area contributed by atoms with Gasteiger partial charge in [-0.1, -0.05) is 6.92 Å². The fraction of sp³-hybridized carbons (Fsp3) is 1.00. The number of rotatable bonds is 8. The molecule has 0 fully saturated rings. The summed E-state index contributed by atoms with van der Waals surface area (Å²) in [7, 11) is -10.1. The van der Waals surface area contributed by atoms with Crippen LogP contribution in [0.2, 0.25) is 0 Å². The average Bonchev–Trinajstić information content (AvgIpc) is 2.16. The van der Waals surface area contributed by atoms with Crippen molar-refractivity contribution in [3.8, 4) is 0 Å². The molecule has 0 aromatic heterocycles. The van der Waals surface area contributed by atoms with Crippen molar-refractivity contribution in [3.05, 3.63) is 0 Å². The molecule has 0 aromatic carbocycles. The van der Waals surface area contributed by atoms with E-state index in [2.05, 4.69) is 8.37 Å². The van der Waals surface area contributed by atoms with Gasteiger partial charge >= 0.3 is 12.4 Å². The first kappa shape index (κ1) is 21.4. The third kappa shape index (κ3) is 11.0. The van der Waals surface area contributed by atoms with Gasteiger partial charge in [0.1, 0.15) is 6.10 Å². The number of hydrogen-bond acceptors (Lipinski definition) is 6. The highest BCUT2D eigenvalue weighted by Gasteiger charge is 2.38. The molecular formula is C8H12F6O6S2. The Labute approximate surface area is 122 Å². The van der Waals surface area contributed by atoms with Crippen molar-refractivity contribution in [1.82, 2.24) is 0 Å². The summed E-state index contributed by atoms with van der Waals surface area (Å²) in [6, 6.07) is 0. The van der Waals surface area contributed by atoms with Gasteiger partial charge in [-0.15, -0.1) is 0 Å². The Balaban J connectivity index is 4.70. The second kappa shape index (κ2) is 7.31. The molecule has 0 amide bonds. The summed E-state index contributed by atoms with van der Waals surface area (Å²) < 4.78 is 124. The number of hydrogen-bond donors (Lipinski definition) is 0. The van der Waals surface area contributed by atoms with E-state index in [1.165, 1.54) is 6.92 Å². The van der Waals surface area contributed by atoms with Gasteiger partial charge in [-0.2, -0.15) is 43.2 Å². The van der Waals surface area contributed by atoms with Gasteiger partial charge in [-0.3, -0.25) is 8.37 Å². The first-order chi connectivity index (χ1) is 9.55. The third-order valence-electron chi connectivity index (χ3n) is 1.85. The van der Waals surface area contributed by atoms with Crippen molar-refractivity contribution in [2.45, 2.75) is 31.8 Å². The second-order valence-corrected chi connectivity index (χ2v) is 7.28. The molecule has 22 heavy (non-hydrogen) atoms. The zero-order valence-corrected chi connectivity index (χ0v) is 12.6. The minimum atomic E-state index is -5.08. The summed E-state index contributed by atoms with van der Waals surface area (Å²) in [6.45, 7) is 0.0551. The predicted molar refractivity (Wildman–Crippen MR) is 60.8 cm³/mol. The van der Waals surface area contributed by atoms with Crippen LogP contribution in [0.15, 0.2) is 0 Å². The van der Waals surface area contributed by atoms with Crippen LogP contribution in [-0.2, 0) is 28.6 Å². The SMILES string of the molecule is CCC(COS(=O)(=O)CC(F)(F)F)OS(=O)(=O)CC(F)(F)F. The lowest BCUT2D eigenvalue weighted by atomic mass is 10.3. The molecule has 0 heterocycles. The molecule has 1 unspecified atom stereocenters. The Morgan fingerprint density at radius 2 is 1.27 bits per heavy atom. The van der Waals surface area contributed by atoms with Crippen molar-refractivity contribution < 1.29 is 51.5 Å². The monoisotopic (exact) mass is 382 g/mol.